The molecule has 0 unspecified atom stereocenters. The monoisotopic (exact) mass is 209 g/mol. The van der Waals surface area contributed by atoms with Gasteiger partial charge in [-0.1, -0.05) is 6.07 Å². The number of aromatic nitrogens is 1. The SMILES string of the molecule is CC(C)(CNCc1ccccn1)[N+](=O)[O-]. The van der Waals surface area contributed by atoms with E-state index >= 15 is 0 Å². The van der Waals surface area contributed by atoms with Crippen molar-refractivity contribution < 1.29 is 4.92 Å². The molecule has 0 atom stereocenters. The summed E-state index contributed by atoms with van der Waals surface area (Å²) in [7, 11) is 0. The average Bonchev–Trinajstić information content (AvgIpc) is 2.19. The van der Waals surface area contributed by atoms with Crippen molar-refractivity contribution >= 4 is 0 Å². The van der Waals surface area contributed by atoms with Crippen LogP contribution in [0.3, 0.4) is 0 Å². The van der Waals surface area contributed by atoms with E-state index in [1.165, 1.54) is 0 Å². The summed E-state index contributed by atoms with van der Waals surface area (Å²) in [6.45, 7) is 4.07. The summed E-state index contributed by atoms with van der Waals surface area (Å²) in [5.41, 5.74) is -0.0499. The van der Waals surface area contributed by atoms with E-state index in [0.717, 1.165) is 5.69 Å². The van der Waals surface area contributed by atoms with E-state index in [1.54, 1.807) is 20.0 Å². The van der Waals surface area contributed by atoms with Crippen LogP contribution in [0.25, 0.3) is 0 Å². The molecule has 0 bridgehead atoms. The first-order chi connectivity index (χ1) is 7.02. The quantitative estimate of drug-likeness (QED) is 0.585. The van der Waals surface area contributed by atoms with Crippen LogP contribution in [0.15, 0.2) is 24.4 Å². The summed E-state index contributed by atoms with van der Waals surface area (Å²) in [5.74, 6) is 0. The molecule has 0 saturated carbocycles. The number of nitro groups is 1. The summed E-state index contributed by atoms with van der Waals surface area (Å²) >= 11 is 0. The van der Waals surface area contributed by atoms with Crippen LogP contribution in [0.5, 0.6) is 0 Å². The number of hydrogen-bond acceptors (Lipinski definition) is 4. The van der Waals surface area contributed by atoms with E-state index in [2.05, 4.69) is 10.3 Å². The van der Waals surface area contributed by atoms with Gasteiger partial charge in [0.25, 0.3) is 0 Å². The Hall–Kier alpha value is -1.49. The molecule has 1 aromatic heterocycles. The molecule has 1 rings (SSSR count). The third-order valence-corrected chi connectivity index (χ3v) is 2.08. The fourth-order valence-electron chi connectivity index (χ4n) is 1.06. The smallest absolute Gasteiger partial charge is 0.229 e. The van der Waals surface area contributed by atoms with Gasteiger partial charge in [-0.2, -0.15) is 0 Å². The number of pyridine rings is 1. The Morgan fingerprint density at radius 2 is 2.27 bits per heavy atom. The lowest BCUT2D eigenvalue weighted by Crippen LogP contribution is -2.41. The van der Waals surface area contributed by atoms with Crippen LogP contribution >= 0.6 is 0 Å². The van der Waals surface area contributed by atoms with Crippen molar-refractivity contribution in [3.05, 3.63) is 40.2 Å². The normalized spacial score (nSPS) is 11.3. The highest BCUT2D eigenvalue weighted by molar-refractivity contribution is 5.02. The number of nitrogens with zero attached hydrogens (tertiary/aromatic N) is 2. The van der Waals surface area contributed by atoms with Gasteiger partial charge in [-0.05, 0) is 12.1 Å². The van der Waals surface area contributed by atoms with Crippen molar-refractivity contribution in [3.8, 4) is 0 Å². The molecule has 5 nitrogen and oxygen atoms in total. The zero-order valence-electron chi connectivity index (χ0n) is 8.93. The second-order valence-corrected chi connectivity index (χ2v) is 3.99. The summed E-state index contributed by atoms with van der Waals surface area (Å²) < 4.78 is 0. The predicted molar refractivity (Wildman–Crippen MR) is 57.0 cm³/mol. The Bertz CT molecular complexity index is 325. The van der Waals surface area contributed by atoms with Crippen molar-refractivity contribution in [2.24, 2.45) is 0 Å². The van der Waals surface area contributed by atoms with E-state index < -0.39 is 5.54 Å². The van der Waals surface area contributed by atoms with E-state index in [1.807, 2.05) is 18.2 Å². The molecule has 0 saturated heterocycles. The highest BCUT2D eigenvalue weighted by Gasteiger charge is 2.29. The maximum absolute atomic E-state index is 10.6. The van der Waals surface area contributed by atoms with Gasteiger partial charge in [0.1, 0.15) is 0 Å². The van der Waals surface area contributed by atoms with Crippen molar-refractivity contribution in [1.29, 1.82) is 0 Å². The molecule has 1 N–H and O–H groups in total. The molecule has 0 aliphatic carbocycles. The summed E-state index contributed by atoms with van der Waals surface area (Å²) in [4.78, 5) is 14.4. The van der Waals surface area contributed by atoms with E-state index in [-0.39, 0.29) is 4.92 Å². The molecule has 5 heteroatoms. The second kappa shape index (κ2) is 4.84. The number of rotatable bonds is 5. The summed E-state index contributed by atoms with van der Waals surface area (Å²) in [5, 5.41) is 13.6. The minimum atomic E-state index is -0.936. The van der Waals surface area contributed by atoms with Crippen LogP contribution < -0.4 is 5.32 Å². The van der Waals surface area contributed by atoms with Gasteiger partial charge in [0, 0.05) is 31.5 Å². The molecule has 0 aromatic carbocycles. The zero-order valence-corrected chi connectivity index (χ0v) is 8.93. The van der Waals surface area contributed by atoms with E-state index in [9.17, 15) is 10.1 Å². The molecule has 1 aromatic rings. The highest BCUT2D eigenvalue weighted by atomic mass is 16.6. The first-order valence-electron chi connectivity index (χ1n) is 4.77. The molecule has 0 radical (unpaired) electrons. The molecular formula is C10H15N3O2. The van der Waals surface area contributed by atoms with Gasteiger partial charge in [0.15, 0.2) is 0 Å². The van der Waals surface area contributed by atoms with Crippen LogP contribution in [0.2, 0.25) is 0 Å². The first-order valence-corrected chi connectivity index (χ1v) is 4.77. The Morgan fingerprint density at radius 3 is 2.80 bits per heavy atom. The van der Waals surface area contributed by atoms with Gasteiger partial charge in [-0.3, -0.25) is 15.1 Å². The average molecular weight is 209 g/mol. The number of hydrogen-bond donors (Lipinski definition) is 1. The van der Waals surface area contributed by atoms with Gasteiger partial charge < -0.3 is 5.32 Å². The van der Waals surface area contributed by atoms with Crippen LogP contribution in [0.4, 0.5) is 0 Å². The van der Waals surface area contributed by atoms with Gasteiger partial charge >= 0.3 is 0 Å². The van der Waals surface area contributed by atoms with Crippen LogP contribution in [-0.2, 0) is 6.54 Å². The topological polar surface area (TPSA) is 68.1 Å². The molecule has 0 fully saturated rings. The molecule has 0 aliphatic heterocycles. The van der Waals surface area contributed by atoms with Crippen LogP contribution in [-0.4, -0.2) is 22.0 Å². The minimum Gasteiger partial charge on any atom is -0.305 e. The van der Waals surface area contributed by atoms with Gasteiger partial charge in [-0.15, -0.1) is 0 Å². The molecule has 15 heavy (non-hydrogen) atoms. The Labute approximate surface area is 88.7 Å². The lowest BCUT2D eigenvalue weighted by molar-refractivity contribution is -0.558. The second-order valence-electron chi connectivity index (χ2n) is 3.99. The van der Waals surface area contributed by atoms with Crippen molar-refractivity contribution in [2.75, 3.05) is 6.54 Å². The van der Waals surface area contributed by atoms with E-state index in [4.69, 9.17) is 0 Å². The van der Waals surface area contributed by atoms with Crippen molar-refractivity contribution in [2.45, 2.75) is 25.9 Å². The van der Waals surface area contributed by atoms with Crippen LogP contribution in [0, 0.1) is 10.1 Å². The molecule has 0 aliphatic rings. The van der Waals surface area contributed by atoms with Crippen LogP contribution in [0.1, 0.15) is 19.5 Å². The zero-order chi connectivity index (χ0) is 11.3. The van der Waals surface area contributed by atoms with Gasteiger partial charge in [0.2, 0.25) is 5.54 Å². The Kier molecular flexibility index (Phi) is 3.74. The summed E-state index contributed by atoms with van der Waals surface area (Å²) in [6, 6.07) is 5.61. The van der Waals surface area contributed by atoms with Crippen molar-refractivity contribution in [1.82, 2.24) is 10.3 Å². The Morgan fingerprint density at radius 1 is 1.53 bits per heavy atom. The largest absolute Gasteiger partial charge is 0.305 e. The predicted octanol–water partition coefficient (Wildman–Crippen LogP) is 1.23. The van der Waals surface area contributed by atoms with Gasteiger partial charge in [0.05, 0.1) is 12.2 Å². The number of nitrogens with one attached hydrogen (secondary N) is 1. The third kappa shape index (κ3) is 3.63. The molecular weight excluding hydrogens is 194 g/mol. The standard InChI is InChI=1S/C10H15N3O2/c1-10(2,13(14)15)8-11-7-9-5-3-4-6-12-9/h3-6,11H,7-8H2,1-2H3. The lowest BCUT2D eigenvalue weighted by Gasteiger charge is -2.15. The molecule has 82 valence electrons. The van der Waals surface area contributed by atoms with Gasteiger partial charge in [-0.25, -0.2) is 0 Å². The minimum absolute atomic E-state index is 0.279. The van der Waals surface area contributed by atoms with E-state index in [0.29, 0.717) is 13.1 Å². The lowest BCUT2D eigenvalue weighted by atomic mass is 10.1. The fourth-order valence-corrected chi connectivity index (χ4v) is 1.06. The molecule has 0 spiro atoms. The Balaban J connectivity index is 2.37. The third-order valence-electron chi connectivity index (χ3n) is 2.08. The molecule has 1 heterocycles. The maximum Gasteiger partial charge on any atom is 0.229 e. The first kappa shape index (κ1) is 11.6. The fraction of sp³-hybridized carbons (Fsp3) is 0.500. The summed E-state index contributed by atoms with van der Waals surface area (Å²) in [6.07, 6.45) is 1.70. The molecule has 0 amide bonds. The highest BCUT2D eigenvalue weighted by Crippen LogP contribution is 2.05. The van der Waals surface area contributed by atoms with Crippen molar-refractivity contribution in [3.63, 3.8) is 0 Å². The maximum atomic E-state index is 10.6.